The molecule has 10 heteroatoms. The van der Waals surface area contributed by atoms with Crippen molar-refractivity contribution in [3.8, 4) is 11.5 Å². The van der Waals surface area contributed by atoms with E-state index in [0.717, 1.165) is 15.4 Å². The summed E-state index contributed by atoms with van der Waals surface area (Å²) in [7, 11) is -1.11. The molecule has 0 aliphatic heterocycles. The van der Waals surface area contributed by atoms with Crippen molar-refractivity contribution in [1.82, 2.24) is 10.2 Å². The number of likely N-dealkylation sites (N-methyl/N-ethyl adjacent to an activating group) is 1. The van der Waals surface area contributed by atoms with Crippen molar-refractivity contribution in [3.63, 3.8) is 0 Å². The van der Waals surface area contributed by atoms with Gasteiger partial charge in [0, 0.05) is 20.0 Å². The topological polar surface area (TPSA) is 105 Å². The maximum absolute atomic E-state index is 14.4. The van der Waals surface area contributed by atoms with Crippen molar-refractivity contribution in [2.75, 3.05) is 31.6 Å². The number of nitrogens with one attached hydrogen (secondary N) is 1. The standard InChI is InChI=1S/C34H37N3O6S/c1-4-43-29-20-18-28(19-21-29)37(44(40,41)31-16-9-6-10-17-31)25-33(38)36(24-27-14-11-15-30(22-27)42-3)32(34(39)35-2)23-26-12-7-5-8-13-26/h5-22,32H,4,23-25H2,1-3H3,(H,35,39)/t32-/m1/s1. The summed E-state index contributed by atoms with van der Waals surface area (Å²) in [4.78, 5) is 29.2. The molecule has 9 nitrogen and oxygen atoms in total. The Labute approximate surface area is 259 Å². The molecule has 0 fully saturated rings. The fourth-order valence-corrected chi connectivity index (χ4v) is 6.25. The van der Waals surface area contributed by atoms with Crippen LogP contribution in [0.4, 0.5) is 5.69 Å². The molecule has 1 atom stereocenters. The van der Waals surface area contributed by atoms with E-state index in [-0.39, 0.29) is 29.5 Å². The molecule has 2 amide bonds. The molecule has 0 aliphatic carbocycles. The van der Waals surface area contributed by atoms with Crippen LogP contribution in [0.15, 0.2) is 114 Å². The SMILES string of the molecule is CCOc1ccc(N(CC(=O)N(Cc2cccc(OC)c2)[C@H](Cc2ccccc2)C(=O)NC)S(=O)(=O)c2ccccc2)cc1. The molecule has 1 N–H and O–H groups in total. The van der Waals surface area contributed by atoms with Crippen molar-refractivity contribution in [3.05, 3.63) is 120 Å². The van der Waals surface area contributed by atoms with Gasteiger partial charge in [-0.25, -0.2) is 8.42 Å². The van der Waals surface area contributed by atoms with Gasteiger partial charge in [-0.2, -0.15) is 0 Å². The van der Waals surface area contributed by atoms with Crippen LogP contribution in [-0.2, 0) is 32.6 Å². The molecule has 0 heterocycles. The van der Waals surface area contributed by atoms with Crippen LogP contribution in [0, 0.1) is 0 Å². The van der Waals surface area contributed by atoms with Gasteiger partial charge in [-0.05, 0) is 66.6 Å². The van der Waals surface area contributed by atoms with Crippen LogP contribution in [0.25, 0.3) is 0 Å². The van der Waals surface area contributed by atoms with Gasteiger partial charge in [0.15, 0.2) is 0 Å². The third-order valence-corrected chi connectivity index (χ3v) is 8.84. The fourth-order valence-electron chi connectivity index (χ4n) is 4.81. The smallest absolute Gasteiger partial charge is 0.264 e. The molecule has 0 aliphatic rings. The van der Waals surface area contributed by atoms with Gasteiger partial charge in [0.2, 0.25) is 11.8 Å². The van der Waals surface area contributed by atoms with E-state index in [1.165, 1.54) is 24.1 Å². The number of rotatable bonds is 14. The predicted octanol–water partition coefficient (Wildman–Crippen LogP) is 4.68. The Morgan fingerprint density at radius 2 is 1.45 bits per heavy atom. The van der Waals surface area contributed by atoms with Crippen molar-refractivity contribution < 1.29 is 27.5 Å². The molecule has 0 spiro atoms. The number of ether oxygens (including phenoxy) is 2. The first kappa shape index (κ1) is 32.1. The quantitative estimate of drug-likeness (QED) is 0.221. The first-order valence-electron chi connectivity index (χ1n) is 14.3. The molecule has 4 aromatic carbocycles. The van der Waals surface area contributed by atoms with Gasteiger partial charge in [-0.1, -0.05) is 60.7 Å². The fraction of sp³-hybridized carbons (Fsp3) is 0.235. The molecule has 0 saturated heterocycles. The van der Waals surface area contributed by atoms with E-state index in [1.807, 2.05) is 43.3 Å². The third-order valence-electron chi connectivity index (χ3n) is 7.05. The molecule has 44 heavy (non-hydrogen) atoms. The average molecular weight is 616 g/mol. The van der Waals surface area contributed by atoms with Crippen molar-refractivity contribution in [2.24, 2.45) is 0 Å². The summed E-state index contributed by atoms with van der Waals surface area (Å²) in [5, 5.41) is 2.69. The lowest BCUT2D eigenvalue weighted by molar-refractivity contribution is -0.139. The van der Waals surface area contributed by atoms with Gasteiger partial charge >= 0.3 is 0 Å². The Bertz CT molecular complexity index is 1630. The summed E-state index contributed by atoms with van der Waals surface area (Å²) in [5.41, 5.74) is 1.86. The van der Waals surface area contributed by atoms with Gasteiger partial charge in [0.25, 0.3) is 10.0 Å². The van der Waals surface area contributed by atoms with E-state index in [1.54, 1.807) is 67.8 Å². The molecule has 0 unspecified atom stereocenters. The number of hydrogen-bond acceptors (Lipinski definition) is 6. The van der Waals surface area contributed by atoms with E-state index < -0.39 is 28.5 Å². The van der Waals surface area contributed by atoms with Gasteiger partial charge in [0.1, 0.15) is 24.1 Å². The zero-order valence-electron chi connectivity index (χ0n) is 25.1. The summed E-state index contributed by atoms with van der Waals surface area (Å²) in [5.74, 6) is 0.244. The molecule has 0 aromatic heterocycles. The second-order valence-corrected chi connectivity index (χ2v) is 11.8. The van der Waals surface area contributed by atoms with Crippen LogP contribution < -0.4 is 19.1 Å². The lowest BCUT2D eigenvalue weighted by atomic mass is 10.0. The molecule has 0 saturated carbocycles. The number of methoxy groups -OCH3 is 1. The molecular weight excluding hydrogens is 578 g/mol. The first-order valence-corrected chi connectivity index (χ1v) is 15.7. The van der Waals surface area contributed by atoms with Crippen molar-refractivity contribution in [1.29, 1.82) is 0 Å². The minimum absolute atomic E-state index is 0.0353. The number of nitrogens with zero attached hydrogens (tertiary/aromatic N) is 2. The summed E-state index contributed by atoms with van der Waals surface area (Å²) in [6.45, 7) is 1.81. The zero-order chi connectivity index (χ0) is 31.5. The van der Waals surface area contributed by atoms with E-state index in [2.05, 4.69) is 5.32 Å². The van der Waals surface area contributed by atoms with Crippen molar-refractivity contribution in [2.45, 2.75) is 30.8 Å². The highest BCUT2D eigenvalue weighted by Gasteiger charge is 2.34. The summed E-state index contributed by atoms with van der Waals surface area (Å²) < 4.78 is 40.0. The summed E-state index contributed by atoms with van der Waals surface area (Å²) in [6.07, 6.45) is 0.227. The van der Waals surface area contributed by atoms with E-state index >= 15 is 0 Å². The van der Waals surface area contributed by atoms with Crippen molar-refractivity contribution >= 4 is 27.5 Å². The molecule has 4 rings (SSSR count). The predicted molar refractivity (Wildman–Crippen MR) is 170 cm³/mol. The monoisotopic (exact) mass is 615 g/mol. The number of benzene rings is 4. The maximum atomic E-state index is 14.4. The van der Waals surface area contributed by atoms with Crippen LogP contribution in [0.1, 0.15) is 18.1 Å². The Morgan fingerprint density at radius 1 is 0.818 bits per heavy atom. The highest BCUT2D eigenvalue weighted by molar-refractivity contribution is 7.92. The number of hydrogen-bond donors (Lipinski definition) is 1. The molecule has 0 bridgehead atoms. The van der Waals surface area contributed by atoms with Gasteiger partial charge < -0.3 is 19.7 Å². The number of carbonyl (C=O) groups is 2. The molecular formula is C34H37N3O6S. The van der Waals surface area contributed by atoms with E-state index in [0.29, 0.717) is 18.1 Å². The highest BCUT2D eigenvalue weighted by atomic mass is 32.2. The summed E-state index contributed by atoms with van der Waals surface area (Å²) >= 11 is 0. The van der Waals surface area contributed by atoms with Gasteiger partial charge in [-0.15, -0.1) is 0 Å². The number of amides is 2. The Kier molecular flexibility index (Phi) is 11.0. The second kappa shape index (κ2) is 15.1. The minimum Gasteiger partial charge on any atom is -0.497 e. The number of carbonyl (C=O) groups excluding carboxylic acids is 2. The number of sulfonamides is 1. The van der Waals surface area contributed by atoms with Crippen LogP contribution in [0.5, 0.6) is 11.5 Å². The lowest BCUT2D eigenvalue weighted by Gasteiger charge is -2.33. The van der Waals surface area contributed by atoms with E-state index in [9.17, 15) is 18.0 Å². The van der Waals surface area contributed by atoms with E-state index in [4.69, 9.17) is 9.47 Å². The summed E-state index contributed by atoms with van der Waals surface area (Å²) in [6, 6.07) is 30.1. The Balaban J connectivity index is 1.78. The van der Waals surface area contributed by atoms with Crippen LogP contribution in [-0.4, -0.2) is 58.5 Å². The second-order valence-electron chi connectivity index (χ2n) is 9.94. The Morgan fingerprint density at radius 3 is 2.07 bits per heavy atom. The third kappa shape index (κ3) is 7.96. The molecule has 230 valence electrons. The minimum atomic E-state index is -4.18. The van der Waals surface area contributed by atoms with Crippen LogP contribution in [0.2, 0.25) is 0 Å². The highest BCUT2D eigenvalue weighted by Crippen LogP contribution is 2.27. The number of anilines is 1. The zero-order valence-corrected chi connectivity index (χ0v) is 25.9. The normalized spacial score (nSPS) is 11.7. The van der Waals surface area contributed by atoms with Gasteiger partial charge in [0.05, 0.1) is 24.3 Å². The average Bonchev–Trinajstić information content (AvgIpc) is 3.06. The molecule has 0 radical (unpaired) electrons. The van der Waals surface area contributed by atoms with Crippen LogP contribution in [0.3, 0.4) is 0 Å². The molecule has 4 aromatic rings. The Hall–Kier alpha value is -4.83. The van der Waals surface area contributed by atoms with Gasteiger partial charge in [-0.3, -0.25) is 13.9 Å². The maximum Gasteiger partial charge on any atom is 0.264 e. The largest absolute Gasteiger partial charge is 0.497 e. The first-order chi connectivity index (χ1) is 21.3. The van der Waals surface area contributed by atoms with Crippen LogP contribution >= 0.6 is 0 Å². The lowest BCUT2D eigenvalue weighted by Crippen LogP contribution is -2.53.